The number of aromatic nitrogens is 4. The van der Waals surface area contributed by atoms with E-state index >= 15 is 0 Å². The minimum Gasteiger partial charge on any atom is -0.460 e. The number of unbranched alkanes of at least 4 members (excludes halogenated alkanes) is 6. The molecule has 2 aliphatic rings. The molecule has 16 nitrogen and oxygen atoms in total. The van der Waals surface area contributed by atoms with Crippen molar-refractivity contribution in [3.8, 4) is 0 Å². The van der Waals surface area contributed by atoms with Gasteiger partial charge in [-0.15, -0.1) is 0 Å². The number of aliphatic hydroxyl groups excluding tert-OH is 2. The molecule has 16 heteroatoms. The Morgan fingerprint density at radius 2 is 0.964 bits per heavy atom. The first kappa shape index (κ1) is 57.3. The van der Waals surface area contributed by atoms with Gasteiger partial charge in [0.2, 0.25) is 0 Å². The van der Waals surface area contributed by atoms with Crippen LogP contribution in [-0.4, -0.2) is 79.5 Å². The van der Waals surface area contributed by atoms with Gasteiger partial charge in [-0.3, -0.25) is 33.5 Å². The third-order valence-electron chi connectivity index (χ3n) is 16.7. The molecule has 10 aromatic rings. The van der Waals surface area contributed by atoms with Gasteiger partial charge in [-0.25, -0.2) is 9.59 Å². The van der Waals surface area contributed by atoms with Crippen LogP contribution in [-0.2, 0) is 54.5 Å². The van der Waals surface area contributed by atoms with Crippen LogP contribution in [0.1, 0.15) is 119 Å². The molecule has 2 aromatic heterocycles. The minimum absolute atomic E-state index is 0.0804. The fourth-order valence-corrected chi connectivity index (χ4v) is 12.4. The van der Waals surface area contributed by atoms with Crippen molar-refractivity contribution < 1.29 is 38.7 Å². The molecule has 0 amide bonds. The van der Waals surface area contributed by atoms with E-state index in [2.05, 4.69) is 119 Å². The summed E-state index contributed by atoms with van der Waals surface area (Å²) in [5, 5.41) is 35.2. The minimum atomic E-state index is -0.873. The molecule has 8 aromatic carbocycles. The molecule has 2 aliphatic heterocycles. The largest absolute Gasteiger partial charge is 0.460 e. The first-order chi connectivity index (χ1) is 40.5. The van der Waals surface area contributed by atoms with Crippen LogP contribution in [0.5, 0.6) is 0 Å². The highest BCUT2D eigenvalue weighted by Crippen LogP contribution is 2.39. The highest BCUT2D eigenvalue weighted by molar-refractivity contribution is 6.24. The average Bonchev–Trinajstić information content (AvgIpc) is 4.01. The molecule has 4 N–H and O–H groups in total. The zero-order valence-corrected chi connectivity index (χ0v) is 47.1. The van der Waals surface area contributed by atoms with E-state index in [0.717, 1.165) is 64.2 Å². The number of hydrogen-bond donors (Lipinski definition) is 4. The van der Waals surface area contributed by atoms with Gasteiger partial charge >= 0.3 is 17.3 Å². The summed E-state index contributed by atoms with van der Waals surface area (Å²) in [6, 6.07) is 39.9. The first-order valence-corrected chi connectivity index (χ1v) is 29.4. The molecular weight excluding hydrogens is 1050 g/mol. The van der Waals surface area contributed by atoms with Gasteiger partial charge in [0, 0.05) is 45.4 Å². The zero-order valence-electron chi connectivity index (χ0n) is 47.1. The zero-order chi connectivity index (χ0) is 57.6. The van der Waals surface area contributed by atoms with E-state index in [9.17, 15) is 34.2 Å². The van der Waals surface area contributed by atoms with Gasteiger partial charge in [0.05, 0.1) is 43.2 Å². The van der Waals surface area contributed by atoms with Crippen LogP contribution >= 0.6 is 0 Å². The predicted octanol–water partition coefficient (Wildman–Crippen LogP) is 10.8. The van der Waals surface area contributed by atoms with E-state index in [1.54, 1.807) is 0 Å². The summed E-state index contributed by atoms with van der Waals surface area (Å²) in [7, 11) is 0. The van der Waals surface area contributed by atoms with Gasteiger partial charge in [-0.05, 0) is 121 Å². The maximum absolute atomic E-state index is 12.5. The topological polar surface area (TPSA) is 213 Å². The monoisotopic (exact) mass is 1120 g/mol. The van der Waals surface area contributed by atoms with Crippen molar-refractivity contribution in [1.82, 2.24) is 19.1 Å². The quantitative estimate of drug-likeness (QED) is 0.0268. The molecule has 6 atom stereocenters. The summed E-state index contributed by atoms with van der Waals surface area (Å²) in [4.78, 5) is 65.6. The maximum atomic E-state index is 12.5. The van der Waals surface area contributed by atoms with E-state index in [1.807, 2.05) is 6.92 Å². The Bertz CT molecular complexity index is 4100. The molecule has 2 saturated heterocycles. The third kappa shape index (κ3) is 12.5. The fourth-order valence-electron chi connectivity index (χ4n) is 12.4. The molecule has 4 heterocycles. The summed E-state index contributed by atoms with van der Waals surface area (Å²) in [6.45, 7) is 4.18. The second kappa shape index (κ2) is 25.9. The highest BCUT2D eigenvalue weighted by Gasteiger charge is 2.38. The van der Waals surface area contributed by atoms with Crippen molar-refractivity contribution in [3.63, 3.8) is 0 Å². The maximum Gasteiger partial charge on any atom is 0.330 e. The number of rotatable bonds is 23. The number of esters is 1. The molecule has 0 spiro atoms. The van der Waals surface area contributed by atoms with Crippen molar-refractivity contribution in [2.45, 2.75) is 147 Å². The molecule has 0 unspecified atom stereocenters. The molecule has 432 valence electrons. The lowest BCUT2D eigenvalue weighted by atomic mass is 9.90. The van der Waals surface area contributed by atoms with E-state index in [4.69, 9.17) is 23.7 Å². The van der Waals surface area contributed by atoms with Gasteiger partial charge in [0.1, 0.15) is 24.7 Å². The van der Waals surface area contributed by atoms with Crippen molar-refractivity contribution in [1.29, 1.82) is 0 Å². The number of aryl methyl sites for hydroxylation is 2. The normalized spacial score (nSPS) is 19.0. The number of ether oxygens (including phenoxy) is 5. The lowest BCUT2D eigenvalue weighted by molar-refractivity contribution is -0.149. The lowest BCUT2D eigenvalue weighted by Crippen LogP contribution is -2.34. The average molecular weight is 1130 g/mol. The second-order valence-corrected chi connectivity index (χ2v) is 22.3. The van der Waals surface area contributed by atoms with Crippen LogP contribution in [0.3, 0.4) is 0 Å². The van der Waals surface area contributed by atoms with Crippen LogP contribution in [0, 0.1) is 0 Å². The fraction of sp³-hybridized carbons (Fsp3) is 0.388. The Balaban J connectivity index is 0.000000174. The van der Waals surface area contributed by atoms with Crippen molar-refractivity contribution >= 4 is 70.6 Å². The summed E-state index contributed by atoms with van der Waals surface area (Å²) >= 11 is 0. The number of aromatic amines is 2. The highest BCUT2D eigenvalue weighted by atomic mass is 16.6. The third-order valence-corrected chi connectivity index (χ3v) is 16.7. The van der Waals surface area contributed by atoms with Gasteiger partial charge in [0.25, 0.3) is 11.1 Å². The molecule has 83 heavy (non-hydrogen) atoms. The van der Waals surface area contributed by atoms with Crippen LogP contribution < -0.4 is 22.5 Å². The van der Waals surface area contributed by atoms with Gasteiger partial charge in [-0.2, -0.15) is 0 Å². The number of benzene rings is 8. The number of nitrogens with one attached hydrogen (secondary N) is 2. The Morgan fingerprint density at radius 1 is 0.542 bits per heavy atom. The van der Waals surface area contributed by atoms with Gasteiger partial charge < -0.3 is 33.9 Å². The molecule has 2 fully saturated rings. The number of nitrogens with zero attached hydrogens (tertiary/aromatic N) is 2. The molecule has 12 rings (SSSR count). The van der Waals surface area contributed by atoms with Crippen molar-refractivity contribution in [2.75, 3.05) is 19.8 Å². The van der Waals surface area contributed by atoms with Crippen LogP contribution in [0.4, 0.5) is 0 Å². The summed E-state index contributed by atoms with van der Waals surface area (Å²) < 4.78 is 31.1. The number of hydrogen-bond acceptors (Lipinski definition) is 12. The summed E-state index contributed by atoms with van der Waals surface area (Å²) in [5.41, 5.74) is 1.34. The number of carbonyl (C=O) groups excluding carboxylic acids is 1. The van der Waals surface area contributed by atoms with E-state index < -0.39 is 53.3 Å². The SMILES string of the molecule is CC[C@H]1O[C@@H](n2cc(COCCCCCCc3ccc4ccc5cccc6ccc3c4c56)c(=O)[nH]c2=O)C[C@@H]1OC(C)=O.O=c1[nH]c(=O)n([C@H]2C[C@H](O)[C@@H](CO)O2)cc1COCCCCCCc1ccc2ccc3cccc4ccc1c2c34. The number of H-pyrrole nitrogens is 2. The predicted molar refractivity (Wildman–Crippen MR) is 323 cm³/mol. The smallest absolute Gasteiger partial charge is 0.330 e. The summed E-state index contributed by atoms with van der Waals surface area (Å²) in [6.07, 6.45) is 10.6. The van der Waals surface area contributed by atoms with E-state index in [1.165, 1.54) is 104 Å². The number of aliphatic hydroxyl groups is 2. The first-order valence-electron chi connectivity index (χ1n) is 29.4. The Kier molecular flexibility index (Phi) is 17.9. The Morgan fingerprint density at radius 3 is 1.41 bits per heavy atom. The van der Waals surface area contributed by atoms with Crippen LogP contribution in [0.2, 0.25) is 0 Å². The van der Waals surface area contributed by atoms with E-state index in [0.29, 0.717) is 37.2 Å². The molecular formula is C67H72N4O12. The van der Waals surface area contributed by atoms with Crippen LogP contribution in [0.25, 0.3) is 64.6 Å². The lowest BCUT2D eigenvalue weighted by Gasteiger charge is -2.16. The Hall–Kier alpha value is -7.57. The molecule has 0 bridgehead atoms. The number of carbonyl (C=O) groups is 1. The molecule has 0 aliphatic carbocycles. The molecule has 0 saturated carbocycles. The van der Waals surface area contributed by atoms with Crippen molar-refractivity contribution in [2.24, 2.45) is 0 Å². The van der Waals surface area contributed by atoms with Crippen LogP contribution in [0.15, 0.2) is 141 Å². The standard InChI is InChI=1S/C35H38N2O6.C32H34N2O6/c1-3-29-30(42-22(2)38)19-31(43-29)37-20-27(34(39)36-35(37)40)21-41-18-7-5-4-6-9-23-12-13-26-15-14-24-10-8-11-25-16-17-28(23)33(26)32(24)25;35-18-27-26(36)16-28(40-27)34-17-24(31(37)33-32(34)38)19-39-15-4-2-1-3-6-20-9-10-23-12-11-21-7-5-8-22-13-14-25(20)30(23)29(21)22/h8,10-17,20,29-31H,3-7,9,18-19,21H2,1-2H3,(H,36,39,40);5,7-14,17,26-28,35-36H,1-4,6,15-16,18-19H2,(H,33,37,38)/t29-,30+,31-;26-,27+,28+/m10/s1. The van der Waals surface area contributed by atoms with Gasteiger partial charge in [0.15, 0.2) is 0 Å². The second-order valence-electron chi connectivity index (χ2n) is 22.3. The van der Waals surface area contributed by atoms with Gasteiger partial charge in [-0.1, -0.05) is 142 Å². The molecule has 0 radical (unpaired) electrons. The van der Waals surface area contributed by atoms with Crippen molar-refractivity contribution in [3.05, 3.63) is 186 Å². The summed E-state index contributed by atoms with van der Waals surface area (Å²) in [5.74, 6) is -0.386. The Labute approximate surface area is 479 Å². The van der Waals surface area contributed by atoms with E-state index in [-0.39, 0.29) is 38.3 Å².